The fraction of sp³-hybridized carbons (Fsp3) is 0.929. The molecule has 0 unspecified atom stereocenters. The van der Waals surface area contributed by atoms with Gasteiger partial charge in [-0.25, -0.2) is 0 Å². The van der Waals surface area contributed by atoms with Crippen molar-refractivity contribution in [3.05, 3.63) is 0 Å². The van der Waals surface area contributed by atoms with Crippen molar-refractivity contribution in [1.29, 1.82) is 0 Å². The zero-order valence-electron chi connectivity index (χ0n) is 40.9. The Labute approximate surface area is 426 Å². The summed E-state index contributed by atoms with van der Waals surface area (Å²) in [6.07, 6.45) is -47.3. The van der Waals surface area contributed by atoms with Gasteiger partial charge in [-0.05, 0) is 6.92 Å². The van der Waals surface area contributed by atoms with Crippen LogP contribution in [0.15, 0.2) is 0 Å². The Balaban J connectivity index is 1.30. The molecule has 5 heterocycles. The highest BCUT2D eigenvalue weighted by molar-refractivity contribution is 5.74. The fourth-order valence-corrected chi connectivity index (χ4v) is 9.08. The molecule has 0 aliphatic carbocycles. The lowest BCUT2D eigenvalue weighted by atomic mass is 9.95. The molecule has 0 bridgehead atoms. The normalized spacial score (nSPS) is 44.2. The maximum atomic E-state index is 12.3. The van der Waals surface area contributed by atoms with Crippen LogP contribution in [-0.4, -0.2) is 322 Å². The van der Waals surface area contributed by atoms with Gasteiger partial charge in [0.1, 0.15) is 134 Å². The van der Waals surface area contributed by atoms with Crippen LogP contribution in [0.25, 0.3) is 0 Å². The number of hydrogen-bond donors (Lipinski definition) is 20. The van der Waals surface area contributed by atoms with E-state index in [-0.39, 0.29) is 0 Å². The van der Waals surface area contributed by atoms with Crippen LogP contribution in [0.3, 0.4) is 0 Å². The summed E-state index contributed by atoms with van der Waals surface area (Å²) in [6, 6.07) is -4.88. The lowest BCUT2D eigenvalue weighted by molar-refractivity contribution is -0.353. The molecule has 3 amide bonds. The van der Waals surface area contributed by atoms with E-state index in [1.807, 2.05) is 0 Å². The number of rotatable bonds is 22. The number of nitrogens with one attached hydrogen (secondary N) is 3. The van der Waals surface area contributed by atoms with Gasteiger partial charge >= 0.3 is 0 Å². The molecule has 5 rings (SSSR count). The van der Waals surface area contributed by atoms with Crippen molar-refractivity contribution in [3.8, 4) is 0 Å². The molecule has 0 aromatic carbocycles. The molecule has 20 N–H and O–H groups in total. The van der Waals surface area contributed by atoms with Crippen molar-refractivity contribution in [2.24, 2.45) is 0 Å². The number of ether oxygens (including phenoxy) is 10. The van der Waals surface area contributed by atoms with E-state index in [4.69, 9.17) is 47.4 Å². The van der Waals surface area contributed by atoms with Gasteiger partial charge < -0.3 is 150 Å². The summed E-state index contributed by atoms with van der Waals surface area (Å²) in [6.45, 7) is -1.16. The molecule has 29 atom stereocenters. The number of carbonyl (C=O) groups is 3. The zero-order valence-corrected chi connectivity index (χ0v) is 40.9. The first-order valence-electron chi connectivity index (χ1n) is 23.9. The Morgan fingerprint density at radius 1 is 0.493 bits per heavy atom. The number of carbonyl (C=O) groups excluding carboxylic acids is 3. The Bertz CT molecular complexity index is 1800. The van der Waals surface area contributed by atoms with Crippen LogP contribution in [0, 0.1) is 0 Å². The van der Waals surface area contributed by atoms with Crippen molar-refractivity contribution in [2.45, 2.75) is 205 Å². The van der Waals surface area contributed by atoms with Crippen molar-refractivity contribution >= 4 is 17.7 Å². The smallest absolute Gasteiger partial charge is 0.217 e. The highest BCUT2D eigenvalue weighted by Gasteiger charge is 2.55. The molecule has 75 heavy (non-hydrogen) atoms. The van der Waals surface area contributed by atoms with Crippen molar-refractivity contribution in [2.75, 3.05) is 39.6 Å². The van der Waals surface area contributed by atoms with E-state index in [1.165, 1.54) is 6.92 Å². The van der Waals surface area contributed by atoms with Crippen molar-refractivity contribution < 1.29 is 149 Å². The third-order valence-corrected chi connectivity index (χ3v) is 13.2. The monoisotopic (exact) mass is 1100 g/mol. The SMILES string of the molecule is CC(=O)N[C@H]1[C@H](OC[C@H]2O[C@@H](O[C@@H]([C@@H](O)[C@H](O)CO[C@@H]3O[C@H](CO)[C@@H](O[C@@H]4O[C@H](CO)[C@H](O)[C@H](O)[C@H]4O)[C@H](O)[C@H]3NC(C)=O)[C@H](CO)NC(C)=O)[C@H](O)[C@@H](O)[C@H]2O)O[C@H](CO)[C@@H](O[C@@H]2O[C@@H](C)[C@@H](O)[C@@H](O)[C@@H]2O)[C@@H]1O. The molecule has 5 saturated heterocycles. The van der Waals surface area contributed by atoms with Gasteiger partial charge in [0.15, 0.2) is 31.5 Å². The summed E-state index contributed by atoms with van der Waals surface area (Å²) in [4.78, 5) is 36.9. The van der Waals surface area contributed by atoms with E-state index < -0.39 is 235 Å². The van der Waals surface area contributed by atoms with Gasteiger partial charge in [0.25, 0.3) is 0 Å². The average molecular weight is 1100 g/mol. The minimum Gasteiger partial charge on any atom is -0.394 e. The number of amides is 3. The van der Waals surface area contributed by atoms with Gasteiger partial charge in [-0.2, -0.15) is 0 Å². The minimum absolute atomic E-state index is 0.756. The lowest BCUT2D eigenvalue weighted by Crippen LogP contribution is -2.68. The first-order valence-corrected chi connectivity index (χ1v) is 23.9. The number of hydrogen-bond acceptors (Lipinski definition) is 30. The van der Waals surface area contributed by atoms with Crippen molar-refractivity contribution in [3.63, 3.8) is 0 Å². The standard InChI is InChI=1S/C42H73N3O30/c1-11-23(54)29(60)32(63)40(68-11)74-36-18(7-48)71-39(22(28(36)59)45-14(4)52)67-10-20-26(57)31(62)34(65)42(72-20)73-35(15(5-46)43-12(2)50)24(55)16(53)9-66-38-21(44-13(3)51)27(58)37(19(8-49)70-38)75-41-33(64)30(61)25(56)17(6-47)69-41/h11,15-42,46-49,53-65H,5-10H2,1-4H3,(H,43,50)(H,44,51)(H,45,52)/t11-,15-,16+,17+,18+,19+,20+,21+,22+,23+,24-,25-,26-,27+,28+,29+,30-,31-,32-,33+,34+,35+,36+,37+,38+,39+,40-,41-,42-/m0/s1. The summed E-state index contributed by atoms with van der Waals surface area (Å²) in [7, 11) is 0. The highest BCUT2D eigenvalue weighted by atomic mass is 16.8. The van der Waals surface area contributed by atoms with Crippen LogP contribution in [0.4, 0.5) is 0 Å². The van der Waals surface area contributed by atoms with E-state index >= 15 is 0 Å². The summed E-state index contributed by atoms with van der Waals surface area (Å²) >= 11 is 0. The average Bonchev–Trinajstić information content (AvgIpc) is 3.37. The topological polar surface area (TPSA) is 524 Å². The molecule has 33 heteroatoms. The van der Waals surface area contributed by atoms with E-state index in [2.05, 4.69) is 16.0 Å². The molecule has 33 nitrogen and oxygen atoms in total. The highest BCUT2D eigenvalue weighted by Crippen LogP contribution is 2.33. The Hall–Kier alpha value is -2.67. The molecule has 0 saturated carbocycles. The quantitative estimate of drug-likeness (QED) is 0.0479. The van der Waals surface area contributed by atoms with E-state index in [1.54, 1.807) is 0 Å². The van der Waals surface area contributed by atoms with Gasteiger partial charge in [0.2, 0.25) is 17.7 Å². The van der Waals surface area contributed by atoms with Gasteiger partial charge in [-0.1, -0.05) is 0 Å². The van der Waals surface area contributed by atoms with Crippen LogP contribution in [0.5, 0.6) is 0 Å². The largest absolute Gasteiger partial charge is 0.394 e. The first-order chi connectivity index (χ1) is 35.3. The summed E-state index contributed by atoms with van der Waals surface area (Å²) in [5.74, 6) is -2.37. The molecule has 0 spiro atoms. The Morgan fingerprint density at radius 2 is 0.920 bits per heavy atom. The second kappa shape index (κ2) is 28.0. The Morgan fingerprint density at radius 3 is 1.39 bits per heavy atom. The summed E-state index contributed by atoms with van der Waals surface area (Å²) in [5.41, 5.74) is 0. The van der Waals surface area contributed by atoms with Gasteiger partial charge in [0, 0.05) is 20.8 Å². The van der Waals surface area contributed by atoms with Crippen LogP contribution in [0.1, 0.15) is 27.7 Å². The number of aliphatic hydroxyl groups is 17. The Kier molecular flexibility index (Phi) is 23.5. The van der Waals surface area contributed by atoms with E-state index in [0.29, 0.717) is 0 Å². The molecule has 5 aliphatic rings. The fourth-order valence-electron chi connectivity index (χ4n) is 9.08. The lowest BCUT2D eigenvalue weighted by Gasteiger charge is -2.47. The maximum absolute atomic E-state index is 12.3. The van der Waals surface area contributed by atoms with E-state index in [9.17, 15) is 101 Å². The van der Waals surface area contributed by atoms with Crippen LogP contribution in [-0.2, 0) is 61.8 Å². The van der Waals surface area contributed by atoms with Gasteiger partial charge in [-0.15, -0.1) is 0 Å². The first kappa shape index (κ1) is 63.2. The van der Waals surface area contributed by atoms with E-state index in [0.717, 1.165) is 20.8 Å². The minimum atomic E-state index is -2.29. The van der Waals surface area contributed by atoms with Gasteiger partial charge in [-0.3, -0.25) is 14.4 Å². The second-order valence-corrected chi connectivity index (χ2v) is 18.8. The molecular weight excluding hydrogens is 1030 g/mol. The number of aliphatic hydroxyl groups excluding tert-OH is 17. The van der Waals surface area contributed by atoms with Crippen molar-refractivity contribution in [1.82, 2.24) is 16.0 Å². The predicted octanol–water partition coefficient (Wildman–Crippen LogP) is -13.0. The second-order valence-electron chi connectivity index (χ2n) is 18.8. The maximum Gasteiger partial charge on any atom is 0.217 e. The summed E-state index contributed by atoms with van der Waals surface area (Å²) < 4.78 is 56.8. The molecule has 0 aromatic rings. The molecule has 0 radical (unpaired) electrons. The zero-order chi connectivity index (χ0) is 55.9. The summed E-state index contributed by atoms with van der Waals surface area (Å²) in [5, 5.41) is 188. The molecule has 5 aliphatic heterocycles. The predicted molar refractivity (Wildman–Crippen MR) is 235 cm³/mol. The van der Waals surface area contributed by atoms with Crippen LogP contribution < -0.4 is 16.0 Å². The molecule has 0 aromatic heterocycles. The van der Waals surface area contributed by atoms with Crippen LogP contribution >= 0.6 is 0 Å². The van der Waals surface area contributed by atoms with Crippen LogP contribution in [0.2, 0.25) is 0 Å². The third kappa shape index (κ3) is 15.0. The molecule has 5 fully saturated rings. The molecule has 436 valence electrons. The van der Waals surface area contributed by atoms with Gasteiger partial charge in [0.05, 0.1) is 51.8 Å². The molecular formula is C42H73N3O30. The third-order valence-electron chi connectivity index (χ3n) is 13.2.